The Bertz CT molecular complexity index is 735. The van der Waals surface area contributed by atoms with Crippen molar-refractivity contribution in [2.75, 3.05) is 19.5 Å². The van der Waals surface area contributed by atoms with Gasteiger partial charge in [-0.2, -0.15) is 0 Å². The summed E-state index contributed by atoms with van der Waals surface area (Å²) in [5, 5.41) is 7.67. The van der Waals surface area contributed by atoms with Crippen LogP contribution in [0.15, 0.2) is 42.5 Å². The molecule has 2 N–H and O–H groups in total. The Morgan fingerprint density at radius 3 is 2.31 bits per heavy atom. The van der Waals surface area contributed by atoms with Gasteiger partial charge in [-0.25, -0.2) is 0 Å². The Kier molecular flexibility index (Phi) is 7.54. The second-order valence-electron chi connectivity index (χ2n) is 6.40. The van der Waals surface area contributed by atoms with E-state index in [-0.39, 0.29) is 6.04 Å². The minimum Gasteiger partial charge on any atom is -0.497 e. The van der Waals surface area contributed by atoms with Gasteiger partial charge in [0.1, 0.15) is 11.5 Å². The summed E-state index contributed by atoms with van der Waals surface area (Å²) in [7, 11) is 3.25. The van der Waals surface area contributed by atoms with Crippen LogP contribution in [0.4, 0.5) is 5.69 Å². The molecule has 26 heavy (non-hydrogen) atoms. The highest BCUT2D eigenvalue weighted by molar-refractivity contribution is 7.80. The Morgan fingerprint density at radius 1 is 1.08 bits per heavy atom. The molecule has 1 unspecified atom stereocenters. The standard InChI is InChI=1S/C20H25ClN2O2S/c1-13(2)11-18(14-5-8-16(24-3)9-6-14)23-20(26)22-15-7-10-19(25-4)17(21)12-15/h5-10,12-13,18H,11H2,1-4H3,(H2,22,23,26). The highest BCUT2D eigenvalue weighted by Crippen LogP contribution is 2.28. The van der Waals surface area contributed by atoms with Crippen molar-refractivity contribution < 1.29 is 9.47 Å². The number of anilines is 1. The molecule has 2 aromatic rings. The summed E-state index contributed by atoms with van der Waals surface area (Å²) in [5.41, 5.74) is 1.97. The number of benzene rings is 2. The first-order valence-corrected chi connectivity index (χ1v) is 9.26. The summed E-state index contributed by atoms with van der Waals surface area (Å²) in [6.07, 6.45) is 0.956. The molecule has 6 heteroatoms. The Labute approximate surface area is 165 Å². The molecule has 0 aliphatic rings. The van der Waals surface area contributed by atoms with Crippen molar-refractivity contribution in [3.63, 3.8) is 0 Å². The minimum atomic E-state index is 0.106. The molecule has 0 fully saturated rings. The molecular formula is C20H25ClN2O2S. The minimum absolute atomic E-state index is 0.106. The third kappa shape index (κ3) is 5.78. The quantitative estimate of drug-likeness (QED) is 0.615. The molecule has 0 amide bonds. The molecule has 2 rings (SSSR count). The van der Waals surface area contributed by atoms with Gasteiger partial charge in [-0.05, 0) is 60.5 Å². The van der Waals surface area contributed by atoms with Crippen LogP contribution in [0.1, 0.15) is 31.9 Å². The van der Waals surface area contributed by atoms with Crippen LogP contribution >= 0.6 is 23.8 Å². The van der Waals surface area contributed by atoms with Crippen LogP contribution in [0.2, 0.25) is 5.02 Å². The van der Waals surface area contributed by atoms with Crippen LogP contribution < -0.4 is 20.1 Å². The average molecular weight is 393 g/mol. The van der Waals surface area contributed by atoms with E-state index in [9.17, 15) is 0 Å². The maximum atomic E-state index is 6.17. The van der Waals surface area contributed by atoms with E-state index >= 15 is 0 Å². The monoisotopic (exact) mass is 392 g/mol. The van der Waals surface area contributed by atoms with Crippen molar-refractivity contribution in [2.45, 2.75) is 26.3 Å². The molecule has 0 aliphatic heterocycles. The predicted octanol–water partition coefficient (Wildman–Crippen LogP) is 5.43. The molecule has 0 saturated carbocycles. The molecule has 140 valence electrons. The van der Waals surface area contributed by atoms with Crippen molar-refractivity contribution in [1.29, 1.82) is 0 Å². The average Bonchev–Trinajstić information content (AvgIpc) is 2.61. The molecule has 0 radical (unpaired) electrons. The van der Waals surface area contributed by atoms with E-state index < -0.39 is 0 Å². The van der Waals surface area contributed by atoms with Crippen molar-refractivity contribution in [3.8, 4) is 11.5 Å². The molecule has 0 saturated heterocycles. The first-order valence-electron chi connectivity index (χ1n) is 8.48. The van der Waals surface area contributed by atoms with Crippen LogP contribution in [0.25, 0.3) is 0 Å². The largest absolute Gasteiger partial charge is 0.497 e. The second kappa shape index (κ2) is 9.64. The fourth-order valence-electron chi connectivity index (χ4n) is 2.66. The lowest BCUT2D eigenvalue weighted by Gasteiger charge is -2.23. The Morgan fingerprint density at radius 2 is 1.77 bits per heavy atom. The summed E-state index contributed by atoms with van der Waals surface area (Å²) in [6.45, 7) is 4.38. The Hall–Kier alpha value is -1.98. The SMILES string of the molecule is COc1ccc(C(CC(C)C)NC(=S)Nc2ccc(OC)c(Cl)c2)cc1. The number of methoxy groups -OCH3 is 2. The van der Waals surface area contributed by atoms with Crippen molar-refractivity contribution in [2.24, 2.45) is 5.92 Å². The normalized spacial score (nSPS) is 11.8. The van der Waals surface area contributed by atoms with E-state index in [1.807, 2.05) is 24.3 Å². The number of hydrogen-bond acceptors (Lipinski definition) is 3. The van der Waals surface area contributed by atoms with Crippen LogP contribution in [0, 0.1) is 5.92 Å². The summed E-state index contributed by atoms with van der Waals surface area (Å²) in [4.78, 5) is 0. The van der Waals surface area contributed by atoms with Gasteiger partial charge in [0, 0.05) is 5.69 Å². The highest BCUT2D eigenvalue weighted by atomic mass is 35.5. The van der Waals surface area contributed by atoms with Crippen LogP contribution in [0.5, 0.6) is 11.5 Å². The fraction of sp³-hybridized carbons (Fsp3) is 0.350. The van der Waals surface area contributed by atoms with E-state index in [4.69, 9.17) is 33.3 Å². The van der Waals surface area contributed by atoms with Crippen LogP contribution in [-0.2, 0) is 0 Å². The second-order valence-corrected chi connectivity index (χ2v) is 7.22. The molecule has 4 nitrogen and oxygen atoms in total. The van der Waals surface area contributed by atoms with Crippen molar-refractivity contribution in [3.05, 3.63) is 53.1 Å². The Balaban J connectivity index is 2.09. The van der Waals surface area contributed by atoms with Gasteiger partial charge in [0.25, 0.3) is 0 Å². The fourth-order valence-corrected chi connectivity index (χ4v) is 3.17. The van der Waals surface area contributed by atoms with Gasteiger partial charge in [0.2, 0.25) is 0 Å². The molecule has 1 atom stereocenters. The lowest BCUT2D eigenvalue weighted by Crippen LogP contribution is -2.33. The summed E-state index contributed by atoms with van der Waals surface area (Å²) >= 11 is 11.7. The summed E-state index contributed by atoms with van der Waals surface area (Å²) in [6, 6.07) is 13.6. The lowest BCUT2D eigenvalue weighted by molar-refractivity contribution is 0.414. The topological polar surface area (TPSA) is 42.5 Å². The van der Waals surface area contributed by atoms with E-state index in [0.29, 0.717) is 21.8 Å². The number of thiocarbonyl (C=S) groups is 1. The molecule has 2 aromatic carbocycles. The number of halogens is 1. The number of nitrogens with one attached hydrogen (secondary N) is 2. The summed E-state index contributed by atoms with van der Waals surface area (Å²) < 4.78 is 10.4. The number of hydrogen-bond donors (Lipinski definition) is 2. The molecular weight excluding hydrogens is 368 g/mol. The first-order chi connectivity index (χ1) is 12.4. The third-order valence-electron chi connectivity index (χ3n) is 3.94. The van der Waals surface area contributed by atoms with Gasteiger partial charge < -0.3 is 20.1 Å². The zero-order valence-corrected chi connectivity index (χ0v) is 17.1. The molecule has 0 spiro atoms. The number of ether oxygens (including phenoxy) is 2. The third-order valence-corrected chi connectivity index (χ3v) is 4.46. The van der Waals surface area contributed by atoms with E-state index in [1.165, 1.54) is 0 Å². The highest BCUT2D eigenvalue weighted by Gasteiger charge is 2.15. The predicted molar refractivity (Wildman–Crippen MR) is 113 cm³/mol. The van der Waals surface area contributed by atoms with Crippen molar-refractivity contribution in [1.82, 2.24) is 5.32 Å². The maximum Gasteiger partial charge on any atom is 0.171 e. The first kappa shape index (κ1) is 20.3. The van der Waals surface area contributed by atoms with Crippen LogP contribution in [-0.4, -0.2) is 19.3 Å². The zero-order valence-electron chi connectivity index (χ0n) is 15.5. The summed E-state index contributed by atoms with van der Waals surface area (Å²) in [5.74, 6) is 1.99. The van der Waals surface area contributed by atoms with Crippen LogP contribution in [0.3, 0.4) is 0 Å². The molecule has 0 aromatic heterocycles. The number of rotatable bonds is 7. The van der Waals surface area contributed by atoms with Gasteiger partial charge in [-0.15, -0.1) is 0 Å². The smallest absolute Gasteiger partial charge is 0.171 e. The van der Waals surface area contributed by atoms with E-state index in [1.54, 1.807) is 20.3 Å². The van der Waals surface area contributed by atoms with Gasteiger partial charge in [0.05, 0.1) is 25.3 Å². The lowest BCUT2D eigenvalue weighted by atomic mass is 9.97. The van der Waals surface area contributed by atoms with E-state index in [2.05, 4.69) is 36.6 Å². The van der Waals surface area contributed by atoms with Gasteiger partial charge in [-0.1, -0.05) is 37.6 Å². The van der Waals surface area contributed by atoms with Gasteiger partial charge in [-0.3, -0.25) is 0 Å². The maximum absolute atomic E-state index is 6.17. The zero-order chi connectivity index (χ0) is 19.1. The molecule has 0 bridgehead atoms. The van der Waals surface area contributed by atoms with Gasteiger partial charge in [0.15, 0.2) is 5.11 Å². The van der Waals surface area contributed by atoms with Gasteiger partial charge >= 0.3 is 0 Å². The molecule has 0 aliphatic carbocycles. The van der Waals surface area contributed by atoms with Crippen molar-refractivity contribution >= 4 is 34.6 Å². The van der Waals surface area contributed by atoms with E-state index in [0.717, 1.165) is 23.4 Å². The molecule has 0 heterocycles.